The number of hydrogen-bond donors (Lipinski definition) is 1. The molecule has 1 aromatic carbocycles. The Morgan fingerprint density at radius 3 is 2.92 bits per heavy atom. The highest BCUT2D eigenvalue weighted by molar-refractivity contribution is 8.26. The summed E-state index contributed by atoms with van der Waals surface area (Å²) in [6, 6.07) is 8.60. The molecule has 0 radical (unpaired) electrons. The van der Waals surface area contributed by atoms with Crippen LogP contribution in [0.25, 0.3) is 17.0 Å². The van der Waals surface area contributed by atoms with E-state index in [0.717, 1.165) is 28.2 Å². The molecule has 1 amide bonds. The molecule has 5 nitrogen and oxygen atoms in total. The molecule has 8 heteroatoms. The molecule has 1 fully saturated rings. The minimum Gasteiger partial charge on any atom is -0.480 e. The first-order valence-electron chi connectivity index (χ1n) is 7.85. The SMILES string of the molecule is CSCCC(C(=O)O)N1C(=O)C(=Cc2cccc3cccnc23)SC1=S. The van der Waals surface area contributed by atoms with Crippen LogP contribution in [-0.2, 0) is 9.59 Å². The summed E-state index contributed by atoms with van der Waals surface area (Å²) in [5, 5.41) is 10.5. The fraction of sp³-hybridized carbons (Fsp3) is 0.222. The molecule has 2 aromatic rings. The van der Waals surface area contributed by atoms with Crippen molar-refractivity contribution in [3.63, 3.8) is 0 Å². The quantitative estimate of drug-likeness (QED) is 0.582. The molecule has 3 rings (SSSR count). The van der Waals surface area contributed by atoms with Gasteiger partial charge < -0.3 is 5.11 Å². The Hall–Kier alpha value is -1.90. The van der Waals surface area contributed by atoms with Gasteiger partial charge in [-0.15, -0.1) is 0 Å². The molecule has 1 aromatic heterocycles. The third kappa shape index (κ3) is 3.77. The van der Waals surface area contributed by atoms with Crippen LogP contribution in [0.4, 0.5) is 0 Å². The zero-order chi connectivity index (χ0) is 18.7. The van der Waals surface area contributed by atoms with Crippen molar-refractivity contribution in [2.75, 3.05) is 12.0 Å². The second-order valence-electron chi connectivity index (χ2n) is 5.61. The predicted molar refractivity (Wildman–Crippen MR) is 111 cm³/mol. The van der Waals surface area contributed by atoms with Crippen molar-refractivity contribution < 1.29 is 14.7 Å². The van der Waals surface area contributed by atoms with Crippen LogP contribution in [0.3, 0.4) is 0 Å². The number of thioether (sulfide) groups is 2. The van der Waals surface area contributed by atoms with Crippen LogP contribution >= 0.6 is 35.7 Å². The third-order valence-electron chi connectivity index (χ3n) is 3.97. The molecule has 2 heterocycles. The molecule has 1 aliphatic rings. The summed E-state index contributed by atoms with van der Waals surface area (Å²) < 4.78 is 0.281. The van der Waals surface area contributed by atoms with Gasteiger partial charge in [-0.05, 0) is 30.6 Å². The molecule has 0 spiro atoms. The maximum atomic E-state index is 12.8. The molecule has 0 bridgehead atoms. The van der Waals surface area contributed by atoms with E-state index in [9.17, 15) is 14.7 Å². The van der Waals surface area contributed by atoms with Gasteiger partial charge in [0, 0.05) is 17.1 Å². The van der Waals surface area contributed by atoms with Crippen molar-refractivity contribution in [3.05, 3.63) is 47.0 Å². The van der Waals surface area contributed by atoms with Gasteiger partial charge >= 0.3 is 5.97 Å². The standard InChI is InChI=1S/C18H16N2O3S3/c1-25-9-7-13(17(22)23)20-16(21)14(26-18(20)24)10-12-5-2-4-11-6-3-8-19-15(11)12/h2-6,8,10,13H,7,9H2,1H3,(H,22,23). The topological polar surface area (TPSA) is 70.5 Å². The van der Waals surface area contributed by atoms with E-state index in [1.54, 1.807) is 12.3 Å². The van der Waals surface area contributed by atoms with Crippen LogP contribution in [-0.4, -0.2) is 49.2 Å². The van der Waals surface area contributed by atoms with Gasteiger partial charge in [-0.25, -0.2) is 4.79 Å². The van der Waals surface area contributed by atoms with E-state index < -0.39 is 12.0 Å². The first-order chi connectivity index (χ1) is 12.5. The molecule has 1 N–H and O–H groups in total. The summed E-state index contributed by atoms with van der Waals surface area (Å²) in [4.78, 5) is 30.5. The zero-order valence-corrected chi connectivity index (χ0v) is 16.4. The van der Waals surface area contributed by atoms with E-state index in [-0.39, 0.29) is 10.2 Å². The van der Waals surface area contributed by atoms with Crippen LogP contribution in [0.15, 0.2) is 41.4 Å². The molecule has 1 saturated heterocycles. The van der Waals surface area contributed by atoms with Gasteiger partial charge in [0.1, 0.15) is 10.4 Å². The highest BCUT2D eigenvalue weighted by atomic mass is 32.2. The largest absolute Gasteiger partial charge is 0.480 e. The monoisotopic (exact) mass is 404 g/mol. The normalized spacial score (nSPS) is 17.3. The number of amides is 1. The van der Waals surface area contributed by atoms with E-state index in [0.29, 0.717) is 17.1 Å². The summed E-state index contributed by atoms with van der Waals surface area (Å²) in [7, 11) is 0. The average molecular weight is 405 g/mol. The highest BCUT2D eigenvalue weighted by Crippen LogP contribution is 2.35. The van der Waals surface area contributed by atoms with Gasteiger partial charge in [0.25, 0.3) is 5.91 Å². The second kappa shape index (κ2) is 8.20. The Morgan fingerprint density at radius 1 is 1.42 bits per heavy atom. The number of aromatic nitrogens is 1. The van der Waals surface area contributed by atoms with Gasteiger partial charge in [0.15, 0.2) is 0 Å². The molecule has 1 aliphatic heterocycles. The van der Waals surface area contributed by atoms with Crippen molar-refractivity contribution in [3.8, 4) is 0 Å². The summed E-state index contributed by atoms with van der Waals surface area (Å²) in [6.07, 6.45) is 5.69. The van der Waals surface area contributed by atoms with Crippen molar-refractivity contribution in [1.29, 1.82) is 0 Å². The first kappa shape index (κ1) is 18.9. The number of carbonyl (C=O) groups excluding carboxylic acids is 1. The van der Waals surface area contributed by atoms with E-state index >= 15 is 0 Å². The molecule has 1 unspecified atom stereocenters. The Kier molecular flexibility index (Phi) is 5.95. The number of carbonyl (C=O) groups is 2. The molecule has 1 atom stereocenters. The molecule has 0 saturated carbocycles. The van der Waals surface area contributed by atoms with E-state index in [1.165, 1.54) is 16.7 Å². The Bertz CT molecular complexity index is 908. The smallest absolute Gasteiger partial charge is 0.326 e. The summed E-state index contributed by atoms with van der Waals surface area (Å²) >= 11 is 7.97. The van der Waals surface area contributed by atoms with Crippen molar-refractivity contribution in [1.82, 2.24) is 9.88 Å². The minimum absolute atomic E-state index is 0.281. The summed E-state index contributed by atoms with van der Waals surface area (Å²) in [5.74, 6) is -0.759. The average Bonchev–Trinajstić information content (AvgIpc) is 2.90. The molecule has 26 heavy (non-hydrogen) atoms. The van der Waals surface area contributed by atoms with E-state index in [2.05, 4.69) is 4.98 Å². The number of pyridine rings is 1. The Labute approximate surface area is 164 Å². The zero-order valence-electron chi connectivity index (χ0n) is 13.9. The minimum atomic E-state index is -1.04. The maximum Gasteiger partial charge on any atom is 0.326 e. The number of para-hydroxylation sites is 1. The maximum absolute atomic E-state index is 12.8. The Balaban J connectivity index is 1.95. The van der Waals surface area contributed by atoms with Crippen LogP contribution < -0.4 is 0 Å². The van der Waals surface area contributed by atoms with Crippen LogP contribution in [0.2, 0.25) is 0 Å². The fourth-order valence-electron chi connectivity index (χ4n) is 2.73. The lowest BCUT2D eigenvalue weighted by Crippen LogP contribution is -2.44. The van der Waals surface area contributed by atoms with Gasteiger partial charge in [-0.3, -0.25) is 14.7 Å². The van der Waals surface area contributed by atoms with Crippen molar-refractivity contribution in [2.24, 2.45) is 0 Å². The van der Waals surface area contributed by atoms with E-state index in [1.807, 2.05) is 36.6 Å². The van der Waals surface area contributed by atoms with Crippen molar-refractivity contribution >= 4 is 68.9 Å². The lowest BCUT2D eigenvalue weighted by atomic mass is 10.1. The number of thiocarbonyl (C=S) groups is 1. The number of carboxylic acid groups (broad SMARTS) is 1. The van der Waals surface area contributed by atoms with Gasteiger partial charge in [-0.1, -0.05) is 48.2 Å². The van der Waals surface area contributed by atoms with Crippen LogP contribution in [0.1, 0.15) is 12.0 Å². The molecule has 0 aliphatic carbocycles. The lowest BCUT2D eigenvalue weighted by Gasteiger charge is -2.22. The fourth-order valence-corrected chi connectivity index (χ4v) is 4.53. The van der Waals surface area contributed by atoms with Crippen LogP contribution in [0.5, 0.6) is 0 Å². The number of rotatable bonds is 6. The number of nitrogens with zero attached hydrogens (tertiary/aromatic N) is 2. The summed E-state index contributed by atoms with van der Waals surface area (Å²) in [5.41, 5.74) is 1.59. The number of benzene rings is 1. The lowest BCUT2D eigenvalue weighted by molar-refractivity contribution is -0.145. The van der Waals surface area contributed by atoms with Gasteiger partial charge in [0.2, 0.25) is 0 Å². The number of hydrogen-bond acceptors (Lipinski definition) is 6. The molecule has 134 valence electrons. The number of carboxylic acids is 1. The van der Waals surface area contributed by atoms with E-state index in [4.69, 9.17) is 12.2 Å². The third-order valence-corrected chi connectivity index (χ3v) is 5.94. The molecular formula is C18H16N2O3S3. The highest BCUT2D eigenvalue weighted by Gasteiger charge is 2.40. The Morgan fingerprint density at radius 2 is 2.19 bits per heavy atom. The second-order valence-corrected chi connectivity index (χ2v) is 8.27. The van der Waals surface area contributed by atoms with Crippen LogP contribution in [0, 0.1) is 0 Å². The van der Waals surface area contributed by atoms with Crippen molar-refractivity contribution in [2.45, 2.75) is 12.5 Å². The predicted octanol–water partition coefficient (Wildman–Crippen LogP) is 3.64. The summed E-state index contributed by atoms with van der Waals surface area (Å²) in [6.45, 7) is 0. The molecular weight excluding hydrogens is 388 g/mol. The van der Waals surface area contributed by atoms with Gasteiger partial charge in [0.05, 0.1) is 10.4 Å². The first-order valence-corrected chi connectivity index (χ1v) is 10.5. The van der Waals surface area contributed by atoms with Gasteiger partial charge in [-0.2, -0.15) is 11.8 Å². The number of fused-ring (bicyclic) bond motifs is 1. The number of aliphatic carboxylic acids is 1.